The Morgan fingerprint density at radius 3 is 2.72 bits per heavy atom. The molecule has 0 unspecified atom stereocenters. The Morgan fingerprint density at radius 2 is 2.17 bits per heavy atom. The molecule has 10 heteroatoms. The van der Waals surface area contributed by atoms with E-state index >= 15 is 0 Å². The number of nitrogens with two attached hydrogens (primary N) is 1. The van der Waals surface area contributed by atoms with Crippen LogP contribution in [0.3, 0.4) is 0 Å². The van der Waals surface area contributed by atoms with Crippen molar-refractivity contribution < 1.29 is 9.72 Å². The predicted octanol–water partition coefficient (Wildman–Crippen LogP) is -0.782. The molecule has 10 nitrogen and oxygen atoms in total. The number of amides is 1. The monoisotopic (exact) mass is 255 g/mol. The van der Waals surface area contributed by atoms with Gasteiger partial charge in [0.25, 0.3) is 0 Å². The third-order valence-corrected chi connectivity index (χ3v) is 2.06. The molecule has 0 aromatic carbocycles. The van der Waals surface area contributed by atoms with E-state index in [-0.39, 0.29) is 36.2 Å². The van der Waals surface area contributed by atoms with E-state index in [0.29, 0.717) is 0 Å². The standard InChI is InChI=1S/C8H13N7O3/c1-10-5(16)2-3-11-7-6(15(17)18)8(14-9)13-4-12-7/h4H,2-3,9H2,1H3,(H,10,16)(H2,11,12,13,14). The fourth-order valence-electron chi connectivity index (χ4n) is 1.21. The van der Waals surface area contributed by atoms with Crippen LogP contribution in [0.2, 0.25) is 0 Å². The number of anilines is 2. The molecule has 0 fully saturated rings. The van der Waals surface area contributed by atoms with Crippen LogP contribution in [-0.4, -0.2) is 34.4 Å². The summed E-state index contributed by atoms with van der Waals surface area (Å²) in [5, 5.41) is 16.0. The van der Waals surface area contributed by atoms with Crippen LogP contribution in [0.4, 0.5) is 17.3 Å². The van der Waals surface area contributed by atoms with Crippen molar-refractivity contribution in [2.45, 2.75) is 6.42 Å². The topological polar surface area (TPSA) is 148 Å². The molecule has 0 aliphatic rings. The number of nitrogens with zero attached hydrogens (tertiary/aromatic N) is 3. The van der Waals surface area contributed by atoms with Crippen LogP contribution >= 0.6 is 0 Å². The third kappa shape index (κ3) is 3.25. The molecule has 1 heterocycles. The Balaban J connectivity index is 2.82. The van der Waals surface area contributed by atoms with E-state index in [0.717, 1.165) is 6.33 Å². The van der Waals surface area contributed by atoms with Crippen molar-refractivity contribution in [3.8, 4) is 0 Å². The molecule has 1 aromatic rings. The van der Waals surface area contributed by atoms with Gasteiger partial charge in [0.15, 0.2) is 0 Å². The highest BCUT2D eigenvalue weighted by Crippen LogP contribution is 2.27. The van der Waals surface area contributed by atoms with Crippen LogP contribution in [0.15, 0.2) is 6.33 Å². The maximum Gasteiger partial charge on any atom is 0.354 e. The van der Waals surface area contributed by atoms with Crippen molar-refractivity contribution >= 4 is 23.2 Å². The smallest absolute Gasteiger partial charge is 0.354 e. The van der Waals surface area contributed by atoms with Crippen LogP contribution < -0.4 is 21.9 Å². The summed E-state index contributed by atoms with van der Waals surface area (Å²) in [6, 6.07) is 0. The second-order valence-electron chi connectivity index (χ2n) is 3.17. The third-order valence-electron chi connectivity index (χ3n) is 2.06. The first kappa shape index (κ1) is 13.6. The van der Waals surface area contributed by atoms with Gasteiger partial charge in [-0.2, -0.15) is 0 Å². The van der Waals surface area contributed by atoms with Gasteiger partial charge >= 0.3 is 5.69 Å². The molecule has 1 aromatic heterocycles. The zero-order valence-corrected chi connectivity index (χ0v) is 9.64. The highest BCUT2D eigenvalue weighted by Gasteiger charge is 2.22. The summed E-state index contributed by atoms with van der Waals surface area (Å²) in [5.74, 6) is 4.84. The average molecular weight is 255 g/mol. The van der Waals surface area contributed by atoms with Crippen molar-refractivity contribution in [3.05, 3.63) is 16.4 Å². The van der Waals surface area contributed by atoms with E-state index in [1.807, 2.05) is 0 Å². The van der Waals surface area contributed by atoms with Gasteiger partial charge in [-0.15, -0.1) is 0 Å². The molecule has 0 saturated heterocycles. The average Bonchev–Trinajstić information content (AvgIpc) is 2.37. The summed E-state index contributed by atoms with van der Waals surface area (Å²) in [6.45, 7) is 0.210. The SMILES string of the molecule is CNC(=O)CCNc1ncnc(NN)c1[N+](=O)[O-]. The summed E-state index contributed by atoms with van der Waals surface area (Å²) in [6.07, 6.45) is 1.30. The highest BCUT2D eigenvalue weighted by atomic mass is 16.6. The summed E-state index contributed by atoms with van der Waals surface area (Å²) >= 11 is 0. The van der Waals surface area contributed by atoms with Crippen LogP contribution in [-0.2, 0) is 4.79 Å². The number of hydrogen-bond acceptors (Lipinski definition) is 8. The Labute approximate surface area is 102 Å². The van der Waals surface area contributed by atoms with Crippen molar-refractivity contribution in [1.29, 1.82) is 0 Å². The van der Waals surface area contributed by atoms with E-state index in [9.17, 15) is 14.9 Å². The molecule has 0 saturated carbocycles. The maximum absolute atomic E-state index is 11.0. The molecule has 18 heavy (non-hydrogen) atoms. The molecule has 0 radical (unpaired) electrons. The number of carbonyl (C=O) groups excluding carboxylic acids is 1. The first-order valence-electron chi connectivity index (χ1n) is 5.00. The Bertz CT molecular complexity index is 450. The number of carbonyl (C=O) groups is 1. The zero-order chi connectivity index (χ0) is 13.5. The summed E-state index contributed by atoms with van der Waals surface area (Å²) in [5.41, 5.74) is 1.75. The molecule has 1 amide bonds. The van der Waals surface area contributed by atoms with Crippen LogP contribution in [0.1, 0.15) is 6.42 Å². The second kappa shape index (κ2) is 6.30. The molecule has 0 bridgehead atoms. The summed E-state index contributed by atoms with van der Waals surface area (Å²) in [4.78, 5) is 28.6. The number of nitrogen functional groups attached to an aromatic ring is 1. The van der Waals surface area contributed by atoms with Gasteiger partial charge < -0.3 is 16.1 Å². The zero-order valence-electron chi connectivity index (χ0n) is 9.64. The lowest BCUT2D eigenvalue weighted by Gasteiger charge is -2.07. The quantitative estimate of drug-likeness (QED) is 0.294. The molecular formula is C8H13N7O3. The largest absolute Gasteiger partial charge is 0.364 e. The van der Waals surface area contributed by atoms with E-state index in [4.69, 9.17) is 5.84 Å². The van der Waals surface area contributed by atoms with Crippen molar-refractivity contribution in [2.75, 3.05) is 24.3 Å². The number of nitro groups is 1. The molecule has 1 rings (SSSR count). The van der Waals surface area contributed by atoms with Gasteiger partial charge in [-0.05, 0) is 0 Å². The predicted molar refractivity (Wildman–Crippen MR) is 63.7 cm³/mol. The second-order valence-corrected chi connectivity index (χ2v) is 3.17. The van der Waals surface area contributed by atoms with Crippen LogP contribution in [0, 0.1) is 10.1 Å². The molecule has 0 spiro atoms. The fourth-order valence-corrected chi connectivity index (χ4v) is 1.21. The van der Waals surface area contributed by atoms with Gasteiger partial charge in [0.1, 0.15) is 6.33 Å². The van der Waals surface area contributed by atoms with Crippen LogP contribution in [0.5, 0.6) is 0 Å². The minimum atomic E-state index is -0.655. The van der Waals surface area contributed by atoms with E-state index in [2.05, 4.69) is 26.0 Å². The minimum absolute atomic E-state index is 0.00635. The molecule has 5 N–H and O–H groups in total. The number of hydrogen-bond donors (Lipinski definition) is 4. The van der Waals surface area contributed by atoms with Gasteiger partial charge in [0.2, 0.25) is 17.5 Å². The maximum atomic E-state index is 11.0. The van der Waals surface area contributed by atoms with Gasteiger partial charge in [0, 0.05) is 20.0 Å². The fraction of sp³-hybridized carbons (Fsp3) is 0.375. The summed E-state index contributed by atoms with van der Waals surface area (Å²) in [7, 11) is 1.51. The first-order chi connectivity index (χ1) is 8.60. The van der Waals surface area contributed by atoms with Crippen LogP contribution in [0.25, 0.3) is 0 Å². The van der Waals surface area contributed by atoms with Crippen molar-refractivity contribution in [1.82, 2.24) is 15.3 Å². The Kier molecular flexibility index (Phi) is 4.75. The Hall–Kier alpha value is -2.49. The number of aromatic nitrogens is 2. The lowest BCUT2D eigenvalue weighted by atomic mass is 10.3. The number of rotatable bonds is 6. The van der Waals surface area contributed by atoms with Crippen molar-refractivity contribution in [3.63, 3.8) is 0 Å². The van der Waals surface area contributed by atoms with E-state index < -0.39 is 4.92 Å². The van der Waals surface area contributed by atoms with Gasteiger partial charge in [-0.3, -0.25) is 14.9 Å². The molecular weight excluding hydrogens is 242 g/mol. The molecule has 98 valence electrons. The molecule has 0 atom stereocenters. The van der Waals surface area contributed by atoms with E-state index in [1.54, 1.807) is 0 Å². The lowest BCUT2D eigenvalue weighted by molar-refractivity contribution is -0.383. The first-order valence-corrected chi connectivity index (χ1v) is 5.00. The van der Waals surface area contributed by atoms with Gasteiger partial charge in [-0.25, -0.2) is 15.8 Å². The van der Waals surface area contributed by atoms with E-state index in [1.165, 1.54) is 7.05 Å². The normalized spacial score (nSPS) is 9.67. The Morgan fingerprint density at radius 1 is 1.50 bits per heavy atom. The van der Waals surface area contributed by atoms with Gasteiger partial charge in [0.05, 0.1) is 4.92 Å². The summed E-state index contributed by atoms with van der Waals surface area (Å²) < 4.78 is 0. The van der Waals surface area contributed by atoms with Gasteiger partial charge in [-0.1, -0.05) is 0 Å². The number of hydrazine groups is 1. The molecule has 0 aliphatic heterocycles. The molecule has 0 aliphatic carbocycles. The highest BCUT2D eigenvalue weighted by molar-refractivity contribution is 5.76. The lowest BCUT2D eigenvalue weighted by Crippen LogP contribution is -2.21. The number of nitrogens with one attached hydrogen (secondary N) is 3. The minimum Gasteiger partial charge on any atom is -0.364 e. The van der Waals surface area contributed by atoms with Crippen molar-refractivity contribution in [2.24, 2.45) is 5.84 Å².